The first kappa shape index (κ1) is 17.1. The van der Waals surface area contributed by atoms with Gasteiger partial charge < -0.3 is 14.2 Å². The van der Waals surface area contributed by atoms with Gasteiger partial charge in [0.15, 0.2) is 5.69 Å². The normalized spacial score (nSPS) is 15.6. The van der Waals surface area contributed by atoms with Crippen molar-refractivity contribution >= 4 is 50.5 Å². The average molecular weight is 379 g/mol. The topological polar surface area (TPSA) is 41.2 Å². The summed E-state index contributed by atoms with van der Waals surface area (Å²) >= 11 is 0. The number of hydrogen-bond donors (Lipinski definition) is 0. The number of fused-ring (bicyclic) bond motifs is 4. The summed E-state index contributed by atoms with van der Waals surface area (Å²) in [4.78, 5) is 15.8. The summed E-state index contributed by atoms with van der Waals surface area (Å²) in [5.74, 6) is 0. The summed E-state index contributed by atoms with van der Waals surface area (Å²) in [5.41, 5.74) is 6.14. The Balaban J connectivity index is 1.78. The van der Waals surface area contributed by atoms with Crippen molar-refractivity contribution in [2.45, 2.75) is 20.0 Å². The van der Waals surface area contributed by atoms with Gasteiger partial charge in [0, 0.05) is 41.5 Å². The summed E-state index contributed by atoms with van der Waals surface area (Å²) in [5, 5.41) is 2.02. The average Bonchev–Trinajstić information content (AvgIpc) is 3.22. The zero-order valence-electron chi connectivity index (χ0n) is 16.3. The van der Waals surface area contributed by atoms with Crippen LogP contribution in [0.3, 0.4) is 0 Å². The van der Waals surface area contributed by atoms with Crippen LogP contribution in [-0.4, -0.2) is 18.2 Å². The van der Waals surface area contributed by atoms with E-state index in [1.54, 1.807) is 12.3 Å². The number of anilines is 3. The lowest BCUT2D eigenvalue weighted by molar-refractivity contribution is 0.653. The Kier molecular flexibility index (Phi) is 3.53. The fraction of sp³-hybridized carbons (Fsp3) is 0.174. The van der Waals surface area contributed by atoms with Crippen molar-refractivity contribution in [2.75, 3.05) is 16.8 Å². The molecule has 3 heterocycles. The maximum Gasteiger partial charge on any atom is 0.227 e. The lowest BCUT2D eigenvalue weighted by atomic mass is 10.1. The molecule has 0 unspecified atom stereocenters. The number of pyridine rings is 1. The minimum Gasteiger partial charge on any atom is -0.438 e. The van der Waals surface area contributed by atoms with Gasteiger partial charge in [-0.2, -0.15) is 0 Å². The molecule has 1 atom stereocenters. The van der Waals surface area contributed by atoms with Crippen molar-refractivity contribution in [3.63, 3.8) is 0 Å². The van der Waals surface area contributed by atoms with E-state index < -0.39 is 0 Å². The van der Waals surface area contributed by atoms with Crippen molar-refractivity contribution in [3.8, 4) is 0 Å². The molecule has 0 spiro atoms. The summed E-state index contributed by atoms with van der Waals surface area (Å²) in [6, 6.07) is 11.6. The molecule has 4 aromatic rings. The highest BCUT2D eigenvalue weighted by Gasteiger charge is 2.35. The Labute approximate surface area is 168 Å². The van der Waals surface area contributed by atoms with Crippen LogP contribution in [0.25, 0.3) is 31.8 Å². The molecule has 0 saturated carbocycles. The van der Waals surface area contributed by atoms with Crippen LogP contribution in [0, 0.1) is 20.1 Å². The quantitative estimate of drug-likeness (QED) is 0.363. The second kappa shape index (κ2) is 5.98. The molecule has 6 heteroatoms. The molecule has 0 radical (unpaired) electrons. The number of aryl methyl sites for hydroxylation is 1. The number of hydrogen-bond acceptors (Lipinski definition) is 4. The second-order valence-electron chi connectivity index (χ2n) is 7.26. The van der Waals surface area contributed by atoms with E-state index in [4.69, 9.17) is 17.6 Å². The molecular weight excluding hydrogens is 362 g/mol. The van der Waals surface area contributed by atoms with Crippen LogP contribution in [0.1, 0.15) is 12.5 Å². The lowest BCUT2D eigenvalue weighted by Gasteiger charge is -2.29. The van der Waals surface area contributed by atoms with Gasteiger partial charge in [0.25, 0.3) is 0 Å². The smallest absolute Gasteiger partial charge is 0.227 e. The van der Waals surface area contributed by atoms with Crippen LogP contribution in [0.5, 0.6) is 0 Å². The maximum absolute atomic E-state index is 7.68. The van der Waals surface area contributed by atoms with E-state index >= 15 is 0 Å². The molecule has 29 heavy (non-hydrogen) atoms. The van der Waals surface area contributed by atoms with Gasteiger partial charge in [-0.3, -0.25) is 0 Å². The molecule has 0 aliphatic carbocycles. The summed E-state index contributed by atoms with van der Waals surface area (Å²) in [6.07, 6.45) is 1.72. The third-order valence-electron chi connectivity index (χ3n) is 5.68. The SMILES string of the molecule is [C-]#[N+]c1cc([N+]#[C-])c2c(c1)N(C)[C@H](C)N2c1cc2oc3ncccc3c2cc1C. The van der Waals surface area contributed by atoms with E-state index in [1.807, 2.05) is 31.3 Å². The zero-order valence-corrected chi connectivity index (χ0v) is 16.3. The highest BCUT2D eigenvalue weighted by Crippen LogP contribution is 2.52. The fourth-order valence-electron chi connectivity index (χ4n) is 4.15. The van der Waals surface area contributed by atoms with Crippen LogP contribution in [0.15, 0.2) is 47.0 Å². The Bertz CT molecular complexity index is 1390. The van der Waals surface area contributed by atoms with E-state index in [-0.39, 0.29) is 6.17 Å². The first-order chi connectivity index (χ1) is 14.0. The van der Waals surface area contributed by atoms with E-state index in [0.29, 0.717) is 17.1 Å². The molecule has 2 aromatic heterocycles. The zero-order chi connectivity index (χ0) is 20.3. The number of aromatic nitrogens is 1. The molecule has 6 nitrogen and oxygen atoms in total. The summed E-state index contributed by atoms with van der Waals surface area (Å²) < 4.78 is 6.00. The highest BCUT2D eigenvalue weighted by molar-refractivity contribution is 6.06. The third-order valence-corrected chi connectivity index (χ3v) is 5.68. The Hall–Kier alpha value is -4.03. The summed E-state index contributed by atoms with van der Waals surface area (Å²) in [7, 11) is 1.99. The first-order valence-electron chi connectivity index (χ1n) is 9.26. The minimum absolute atomic E-state index is 0.00913. The van der Waals surface area contributed by atoms with Gasteiger partial charge in [-0.15, -0.1) is 0 Å². The Morgan fingerprint density at radius 1 is 1.07 bits per heavy atom. The molecule has 0 fully saturated rings. The van der Waals surface area contributed by atoms with Crippen molar-refractivity contribution in [1.29, 1.82) is 0 Å². The van der Waals surface area contributed by atoms with Gasteiger partial charge in [-0.05, 0) is 49.7 Å². The van der Waals surface area contributed by atoms with Gasteiger partial charge in [-0.25, -0.2) is 14.7 Å². The standard InChI is InChI=1S/C23H17N5O/c1-13-9-17-16-7-6-8-26-23(16)29-21(17)12-19(13)28-14(2)27(5)20-11-15(24-3)10-18(25-4)22(20)28/h6-12,14H,1-2,5H3/t14-/m0/s1. The minimum atomic E-state index is -0.00913. The van der Waals surface area contributed by atoms with E-state index in [2.05, 4.69) is 44.4 Å². The van der Waals surface area contributed by atoms with Gasteiger partial charge in [0.2, 0.25) is 11.4 Å². The monoisotopic (exact) mass is 379 g/mol. The number of benzene rings is 2. The molecular formula is C23H17N5O. The predicted octanol–water partition coefficient (Wildman–Crippen LogP) is 6.32. The van der Waals surface area contributed by atoms with Gasteiger partial charge in [0.1, 0.15) is 11.7 Å². The van der Waals surface area contributed by atoms with E-state index in [9.17, 15) is 0 Å². The molecule has 0 bridgehead atoms. The largest absolute Gasteiger partial charge is 0.438 e. The second-order valence-corrected chi connectivity index (χ2v) is 7.26. The Morgan fingerprint density at radius 3 is 2.66 bits per heavy atom. The molecule has 1 aliphatic rings. The van der Waals surface area contributed by atoms with Gasteiger partial charge in [-0.1, -0.05) is 0 Å². The first-order valence-corrected chi connectivity index (χ1v) is 9.26. The highest BCUT2D eigenvalue weighted by atomic mass is 16.3. The lowest BCUT2D eigenvalue weighted by Crippen LogP contribution is -2.35. The predicted molar refractivity (Wildman–Crippen MR) is 115 cm³/mol. The molecule has 0 saturated heterocycles. The van der Waals surface area contributed by atoms with Gasteiger partial charge >= 0.3 is 0 Å². The molecule has 1 aliphatic heterocycles. The van der Waals surface area contributed by atoms with Crippen LogP contribution in [0.2, 0.25) is 0 Å². The van der Waals surface area contributed by atoms with Crippen molar-refractivity contribution in [1.82, 2.24) is 4.98 Å². The molecule has 0 N–H and O–H groups in total. The van der Waals surface area contributed by atoms with Crippen molar-refractivity contribution in [2.24, 2.45) is 0 Å². The van der Waals surface area contributed by atoms with Crippen LogP contribution in [0.4, 0.5) is 28.4 Å². The fourth-order valence-corrected chi connectivity index (χ4v) is 4.15. The third kappa shape index (κ3) is 2.30. The van der Waals surface area contributed by atoms with Crippen LogP contribution < -0.4 is 9.80 Å². The molecule has 5 rings (SSSR count). The number of nitrogens with zero attached hydrogens (tertiary/aromatic N) is 5. The van der Waals surface area contributed by atoms with Crippen molar-refractivity contribution < 1.29 is 4.42 Å². The van der Waals surface area contributed by atoms with Crippen LogP contribution >= 0.6 is 0 Å². The molecule has 140 valence electrons. The van der Waals surface area contributed by atoms with E-state index in [1.165, 1.54) is 0 Å². The van der Waals surface area contributed by atoms with Crippen molar-refractivity contribution in [3.05, 3.63) is 71.0 Å². The summed E-state index contributed by atoms with van der Waals surface area (Å²) in [6.45, 7) is 19.2. The van der Waals surface area contributed by atoms with Gasteiger partial charge in [0.05, 0.1) is 18.8 Å². The molecule has 0 amide bonds. The number of furan rings is 1. The molecule has 2 aromatic carbocycles. The van der Waals surface area contributed by atoms with E-state index in [0.717, 1.165) is 39.0 Å². The maximum atomic E-state index is 7.68. The van der Waals surface area contributed by atoms with Crippen LogP contribution in [-0.2, 0) is 0 Å². The number of rotatable bonds is 1. The Morgan fingerprint density at radius 2 is 1.90 bits per heavy atom.